The molecule has 0 spiro atoms. The lowest BCUT2D eigenvalue weighted by molar-refractivity contribution is 0.334. The fourth-order valence-corrected chi connectivity index (χ4v) is 2.30. The Bertz CT molecular complexity index is 119. The molecule has 2 nitrogen and oxygen atoms in total. The van der Waals surface area contributed by atoms with Gasteiger partial charge in [-0.05, 0) is 45.4 Å². The van der Waals surface area contributed by atoms with E-state index >= 15 is 0 Å². The zero-order chi connectivity index (χ0) is 10.1. The third-order valence-electron chi connectivity index (χ3n) is 3.23. The van der Waals surface area contributed by atoms with Gasteiger partial charge in [0.2, 0.25) is 0 Å². The first-order chi connectivity index (χ1) is 6.93. The molecule has 0 atom stereocenters. The highest BCUT2D eigenvalue weighted by Crippen LogP contribution is 2.25. The Labute approximate surface area is 88.8 Å². The topological polar surface area (TPSA) is 24.1 Å². The average Bonchev–Trinajstić information content (AvgIpc) is 2.25. The molecule has 0 aromatic heterocycles. The monoisotopic (exact) mass is 198 g/mol. The van der Waals surface area contributed by atoms with Crippen molar-refractivity contribution in [3.05, 3.63) is 0 Å². The van der Waals surface area contributed by atoms with Gasteiger partial charge in [-0.25, -0.2) is 0 Å². The zero-order valence-electron chi connectivity index (χ0n) is 9.65. The Balaban J connectivity index is 1.82. The van der Waals surface area contributed by atoms with Gasteiger partial charge in [0.15, 0.2) is 0 Å². The van der Waals surface area contributed by atoms with Crippen molar-refractivity contribution < 1.29 is 0 Å². The van der Waals surface area contributed by atoms with Crippen LogP contribution in [0.4, 0.5) is 0 Å². The minimum absolute atomic E-state index is 1.03. The SMILES string of the molecule is CNCCCNCCC1CCCCC1. The molecule has 0 unspecified atom stereocenters. The number of hydrogen-bond acceptors (Lipinski definition) is 2. The van der Waals surface area contributed by atoms with E-state index in [1.807, 2.05) is 7.05 Å². The molecule has 14 heavy (non-hydrogen) atoms. The van der Waals surface area contributed by atoms with E-state index in [9.17, 15) is 0 Å². The second-order valence-electron chi connectivity index (χ2n) is 4.50. The predicted molar refractivity (Wildman–Crippen MR) is 62.6 cm³/mol. The summed E-state index contributed by atoms with van der Waals surface area (Å²) >= 11 is 0. The quantitative estimate of drug-likeness (QED) is 0.613. The molecule has 2 N–H and O–H groups in total. The van der Waals surface area contributed by atoms with Gasteiger partial charge in [-0.1, -0.05) is 32.1 Å². The molecule has 84 valence electrons. The molecule has 0 radical (unpaired) electrons. The first-order valence-electron chi connectivity index (χ1n) is 6.29. The average molecular weight is 198 g/mol. The molecule has 0 aromatic rings. The predicted octanol–water partition coefficient (Wildman–Crippen LogP) is 2.16. The first kappa shape index (κ1) is 12.0. The smallest absolute Gasteiger partial charge is 0.00368 e. The van der Waals surface area contributed by atoms with E-state index in [1.54, 1.807) is 0 Å². The Kier molecular flexibility index (Phi) is 7.06. The fourth-order valence-electron chi connectivity index (χ4n) is 2.30. The lowest BCUT2D eigenvalue weighted by Crippen LogP contribution is -2.23. The van der Waals surface area contributed by atoms with Gasteiger partial charge < -0.3 is 10.6 Å². The summed E-state index contributed by atoms with van der Waals surface area (Å²) in [5, 5.41) is 6.70. The van der Waals surface area contributed by atoms with Gasteiger partial charge in [-0.3, -0.25) is 0 Å². The van der Waals surface area contributed by atoms with Gasteiger partial charge in [0, 0.05) is 0 Å². The zero-order valence-corrected chi connectivity index (χ0v) is 9.65. The number of rotatable bonds is 7. The maximum atomic E-state index is 3.53. The van der Waals surface area contributed by atoms with Crippen LogP contribution >= 0.6 is 0 Å². The summed E-state index contributed by atoms with van der Waals surface area (Å²) in [5.74, 6) is 1.03. The van der Waals surface area contributed by atoms with E-state index < -0.39 is 0 Å². The molecule has 0 amide bonds. The summed E-state index contributed by atoms with van der Waals surface area (Å²) < 4.78 is 0. The summed E-state index contributed by atoms with van der Waals surface area (Å²) in [6.07, 6.45) is 10.1. The second kappa shape index (κ2) is 8.25. The molecule has 0 saturated heterocycles. The van der Waals surface area contributed by atoms with Crippen LogP contribution in [0.2, 0.25) is 0 Å². The molecule has 0 aliphatic heterocycles. The van der Waals surface area contributed by atoms with E-state index in [4.69, 9.17) is 0 Å². The first-order valence-corrected chi connectivity index (χ1v) is 6.29. The summed E-state index contributed by atoms with van der Waals surface area (Å²) in [4.78, 5) is 0. The van der Waals surface area contributed by atoms with Crippen molar-refractivity contribution in [1.82, 2.24) is 10.6 Å². The second-order valence-corrected chi connectivity index (χ2v) is 4.50. The minimum atomic E-state index is 1.03. The summed E-state index contributed by atoms with van der Waals surface area (Å²) in [5.41, 5.74) is 0. The van der Waals surface area contributed by atoms with Crippen LogP contribution in [0, 0.1) is 5.92 Å². The highest BCUT2D eigenvalue weighted by Gasteiger charge is 2.12. The molecule has 1 saturated carbocycles. The van der Waals surface area contributed by atoms with E-state index in [0.29, 0.717) is 0 Å². The van der Waals surface area contributed by atoms with Crippen molar-refractivity contribution in [2.45, 2.75) is 44.9 Å². The van der Waals surface area contributed by atoms with Crippen molar-refractivity contribution in [3.63, 3.8) is 0 Å². The van der Waals surface area contributed by atoms with Gasteiger partial charge in [-0.15, -0.1) is 0 Å². The van der Waals surface area contributed by atoms with Gasteiger partial charge >= 0.3 is 0 Å². The molecule has 2 heteroatoms. The van der Waals surface area contributed by atoms with Gasteiger partial charge in [0.05, 0.1) is 0 Å². The molecule has 0 heterocycles. The van der Waals surface area contributed by atoms with Crippen LogP contribution in [0.15, 0.2) is 0 Å². The van der Waals surface area contributed by atoms with Gasteiger partial charge in [-0.2, -0.15) is 0 Å². The summed E-state index contributed by atoms with van der Waals surface area (Å²) in [6.45, 7) is 3.54. The molecule has 0 bridgehead atoms. The molecule has 1 rings (SSSR count). The van der Waals surface area contributed by atoms with Crippen molar-refractivity contribution in [2.75, 3.05) is 26.7 Å². The normalized spacial score (nSPS) is 18.6. The van der Waals surface area contributed by atoms with Crippen LogP contribution in [0.3, 0.4) is 0 Å². The summed E-state index contributed by atoms with van der Waals surface area (Å²) in [6, 6.07) is 0. The Morgan fingerprint density at radius 2 is 1.79 bits per heavy atom. The van der Waals surface area contributed by atoms with Crippen molar-refractivity contribution in [2.24, 2.45) is 5.92 Å². The van der Waals surface area contributed by atoms with Crippen molar-refractivity contribution in [3.8, 4) is 0 Å². The maximum Gasteiger partial charge on any atom is -0.00368 e. The van der Waals surface area contributed by atoms with Crippen LogP contribution in [0.1, 0.15) is 44.9 Å². The highest BCUT2D eigenvalue weighted by atomic mass is 14.9. The van der Waals surface area contributed by atoms with E-state index in [1.165, 1.54) is 58.0 Å². The number of nitrogens with one attached hydrogen (secondary N) is 2. The lowest BCUT2D eigenvalue weighted by Gasteiger charge is -2.21. The van der Waals surface area contributed by atoms with Crippen LogP contribution in [0.25, 0.3) is 0 Å². The Morgan fingerprint density at radius 1 is 1.00 bits per heavy atom. The molecule has 1 aliphatic carbocycles. The largest absolute Gasteiger partial charge is 0.320 e. The maximum absolute atomic E-state index is 3.53. The minimum Gasteiger partial charge on any atom is -0.320 e. The fraction of sp³-hybridized carbons (Fsp3) is 1.00. The van der Waals surface area contributed by atoms with E-state index in [-0.39, 0.29) is 0 Å². The summed E-state index contributed by atoms with van der Waals surface area (Å²) in [7, 11) is 2.02. The van der Waals surface area contributed by atoms with E-state index in [2.05, 4.69) is 10.6 Å². The molecule has 1 fully saturated rings. The van der Waals surface area contributed by atoms with Crippen LogP contribution < -0.4 is 10.6 Å². The van der Waals surface area contributed by atoms with Gasteiger partial charge in [0.1, 0.15) is 0 Å². The van der Waals surface area contributed by atoms with Crippen LogP contribution in [-0.4, -0.2) is 26.7 Å². The molecule has 0 aromatic carbocycles. The van der Waals surface area contributed by atoms with E-state index in [0.717, 1.165) is 12.5 Å². The lowest BCUT2D eigenvalue weighted by atomic mass is 9.87. The van der Waals surface area contributed by atoms with Crippen LogP contribution in [-0.2, 0) is 0 Å². The third kappa shape index (κ3) is 5.61. The third-order valence-corrected chi connectivity index (χ3v) is 3.23. The standard InChI is InChI=1S/C12H26N2/c1-13-9-5-10-14-11-8-12-6-3-2-4-7-12/h12-14H,2-11H2,1H3. The van der Waals surface area contributed by atoms with Gasteiger partial charge in [0.25, 0.3) is 0 Å². The number of hydrogen-bond donors (Lipinski definition) is 2. The Hall–Kier alpha value is -0.0800. The van der Waals surface area contributed by atoms with Crippen molar-refractivity contribution in [1.29, 1.82) is 0 Å². The van der Waals surface area contributed by atoms with Crippen LogP contribution in [0.5, 0.6) is 0 Å². The van der Waals surface area contributed by atoms with Crippen molar-refractivity contribution >= 4 is 0 Å². The molecular weight excluding hydrogens is 172 g/mol. The molecular formula is C12H26N2. The Morgan fingerprint density at radius 3 is 2.50 bits per heavy atom. The molecule has 1 aliphatic rings. The highest BCUT2D eigenvalue weighted by molar-refractivity contribution is 4.66.